The van der Waals surface area contributed by atoms with E-state index >= 15 is 0 Å². The highest BCUT2D eigenvalue weighted by Crippen LogP contribution is 2.48. The molecule has 2 amide bonds. The summed E-state index contributed by atoms with van der Waals surface area (Å²) in [5, 5.41) is 4.15. The molecule has 30 heavy (non-hydrogen) atoms. The molecule has 1 aliphatic rings. The minimum Gasteiger partial charge on any atom is -0.356 e. The second-order valence-corrected chi connectivity index (χ2v) is 9.48. The van der Waals surface area contributed by atoms with Gasteiger partial charge >= 0.3 is 0 Å². The van der Waals surface area contributed by atoms with Crippen molar-refractivity contribution in [2.45, 2.75) is 52.6 Å². The summed E-state index contributed by atoms with van der Waals surface area (Å²) in [7, 11) is 0. The SMILES string of the molecule is CC(C)CC(=O)N1c2ccccc2-c2c([nH]c3ccccc23)C1C(=O)NC(C)(C)C. The Labute approximate surface area is 177 Å². The lowest BCUT2D eigenvalue weighted by Crippen LogP contribution is -2.50. The van der Waals surface area contributed by atoms with E-state index in [9.17, 15) is 9.59 Å². The van der Waals surface area contributed by atoms with Gasteiger partial charge in [0.1, 0.15) is 0 Å². The van der Waals surface area contributed by atoms with Crippen LogP contribution in [0.15, 0.2) is 48.5 Å². The number of H-pyrrole nitrogens is 1. The number of carbonyl (C=O) groups is 2. The van der Waals surface area contributed by atoms with Gasteiger partial charge in [0.15, 0.2) is 6.04 Å². The molecule has 0 saturated carbocycles. The van der Waals surface area contributed by atoms with Crippen LogP contribution in [-0.2, 0) is 9.59 Å². The van der Waals surface area contributed by atoms with Gasteiger partial charge in [-0.2, -0.15) is 0 Å². The van der Waals surface area contributed by atoms with Gasteiger partial charge in [-0.25, -0.2) is 0 Å². The van der Waals surface area contributed by atoms with Gasteiger partial charge in [0.25, 0.3) is 0 Å². The van der Waals surface area contributed by atoms with Crippen LogP contribution < -0.4 is 10.2 Å². The van der Waals surface area contributed by atoms with Gasteiger partial charge in [0.2, 0.25) is 11.8 Å². The van der Waals surface area contributed by atoms with Gasteiger partial charge in [-0.1, -0.05) is 50.2 Å². The minimum atomic E-state index is -0.743. The molecule has 0 saturated heterocycles. The van der Waals surface area contributed by atoms with Crippen molar-refractivity contribution in [2.75, 3.05) is 4.90 Å². The van der Waals surface area contributed by atoms with E-state index in [4.69, 9.17) is 0 Å². The van der Waals surface area contributed by atoms with Gasteiger partial charge in [-0.15, -0.1) is 0 Å². The van der Waals surface area contributed by atoms with Crippen molar-refractivity contribution in [3.8, 4) is 11.1 Å². The van der Waals surface area contributed by atoms with Crippen molar-refractivity contribution >= 4 is 28.4 Å². The van der Waals surface area contributed by atoms with Gasteiger partial charge in [0, 0.05) is 34.0 Å². The summed E-state index contributed by atoms with van der Waals surface area (Å²) >= 11 is 0. The van der Waals surface area contributed by atoms with Gasteiger partial charge < -0.3 is 10.3 Å². The molecule has 2 heterocycles. The highest BCUT2D eigenvalue weighted by molar-refractivity contribution is 6.12. The third-order valence-corrected chi connectivity index (χ3v) is 5.30. The zero-order valence-corrected chi connectivity index (χ0v) is 18.2. The molecule has 2 N–H and O–H groups in total. The van der Waals surface area contributed by atoms with E-state index in [0.717, 1.165) is 33.4 Å². The van der Waals surface area contributed by atoms with Crippen LogP contribution in [0, 0.1) is 5.92 Å². The van der Waals surface area contributed by atoms with Crippen LogP contribution in [0.1, 0.15) is 52.8 Å². The molecule has 2 aromatic carbocycles. The van der Waals surface area contributed by atoms with E-state index in [0.29, 0.717) is 6.42 Å². The fourth-order valence-electron chi connectivity index (χ4n) is 4.23. The topological polar surface area (TPSA) is 65.2 Å². The highest BCUT2D eigenvalue weighted by Gasteiger charge is 2.42. The van der Waals surface area contributed by atoms with Crippen molar-refractivity contribution < 1.29 is 9.59 Å². The Bertz CT molecular complexity index is 1120. The van der Waals surface area contributed by atoms with Crippen LogP contribution >= 0.6 is 0 Å². The van der Waals surface area contributed by atoms with E-state index in [2.05, 4.69) is 16.4 Å². The summed E-state index contributed by atoms with van der Waals surface area (Å²) in [4.78, 5) is 32.1. The molecule has 1 atom stereocenters. The number of benzene rings is 2. The fourth-order valence-corrected chi connectivity index (χ4v) is 4.23. The lowest BCUT2D eigenvalue weighted by molar-refractivity contribution is -0.128. The third-order valence-electron chi connectivity index (χ3n) is 5.30. The molecule has 5 heteroatoms. The molecular weight excluding hydrogens is 374 g/mol. The molecule has 5 nitrogen and oxygen atoms in total. The quantitative estimate of drug-likeness (QED) is 0.632. The maximum atomic E-state index is 13.5. The Morgan fingerprint density at radius 1 is 1.07 bits per heavy atom. The third kappa shape index (κ3) is 3.49. The summed E-state index contributed by atoms with van der Waals surface area (Å²) in [6.07, 6.45) is 0.378. The molecule has 156 valence electrons. The zero-order chi connectivity index (χ0) is 21.6. The van der Waals surface area contributed by atoms with Crippen molar-refractivity contribution in [2.24, 2.45) is 5.92 Å². The lowest BCUT2D eigenvalue weighted by atomic mass is 9.90. The van der Waals surface area contributed by atoms with Crippen LogP contribution in [0.2, 0.25) is 0 Å². The molecule has 1 aliphatic heterocycles. The number of anilines is 1. The lowest BCUT2D eigenvalue weighted by Gasteiger charge is -2.38. The number of fused-ring (bicyclic) bond motifs is 5. The maximum absolute atomic E-state index is 13.5. The molecule has 4 rings (SSSR count). The number of amides is 2. The number of nitrogens with one attached hydrogen (secondary N) is 2. The van der Waals surface area contributed by atoms with Gasteiger partial charge in [-0.3, -0.25) is 14.5 Å². The van der Waals surface area contributed by atoms with Crippen LogP contribution in [-0.4, -0.2) is 22.3 Å². The van der Waals surface area contributed by atoms with Crippen molar-refractivity contribution in [1.82, 2.24) is 10.3 Å². The first-order valence-corrected chi connectivity index (χ1v) is 10.5. The first kappa shape index (κ1) is 20.2. The Balaban J connectivity index is 1.97. The minimum absolute atomic E-state index is 0.0455. The predicted molar refractivity (Wildman–Crippen MR) is 121 cm³/mol. The molecule has 0 aliphatic carbocycles. The average Bonchev–Trinajstić information content (AvgIpc) is 3.04. The molecule has 0 fully saturated rings. The van der Waals surface area contributed by atoms with E-state index < -0.39 is 11.6 Å². The number of aromatic nitrogens is 1. The van der Waals surface area contributed by atoms with Crippen molar-refractivity contribution in [3.63, 3.8) is 0 Å². The molecular formula is C25H29N3O2. The Morgan fingerprint density at radius 2 is 1.73 bits per heavy atom. The Hall–Kier alpha value is -3.08. The van der Waals surface area contributed by atoms with E-state index in [-0.39, 0.29) is 17.7 Å². The largest absolute Gasteiger partial charge is 0.356 e. The van der Waals surface area contributed by atoms with Gasteiger partial charge in [0.05, 0.1) is 11.4 Å². The molecule has 0 bridgehead atoms. The number of hydrogen-bond acceptors (Lipinski definition) is 2. The molecule has 3 aromatic rings. The zero-order valence-electron chi connectivity index (χ0n) is 18.2. The number of para-hydroxylation sites is 2. The monoisotopic (exact) mass is 403 g/mol. The second-order valence-electron chi connectivity index (χ2n) is 9.48. The number of hydrogen-bond donors (Lipinski definition) is 2. The molecule has 0 radical (unpaired) electrons. The van der Waals surface area contributed by atoms with Crippen molar-refractivity contribution in [3.05, 3.63) is 54.2 Å². The normalized spacial score (nSPS) is 15.8. The smallest absolute Gasteiger partial charge is 0.249 e. The first-order chi connectivity index (χ1) is 14.2. The summed E-state index contributed by atoms with van der Waals surface area (Å²) in [6, 6.07) is 15.2. The van der Waals surface area contributed by atoms with E-state index in [1.807, 2.05) is 77.1 Å². The van der Waals surface area contributed by atoms with Crippen molar-refractivity contribution in [1.29, 1.82) is 0 Å². The number of nitrogens with zero attached hydrogens (tertiary/aromatic N) is 1. The number of rotatable bonds is 3. The van der Waals surface area contributed by atoms with Crippen LogP contribution in [0.25, 0.3) is 22.0 Å². The highest BCUT2D eigenvalue weighted by atomic mass is 16.2. The van der Waals surface area contributed by atoms with Crippen LogP contribution in [0.4, 0.5) is 5.69 Å². The standard InChI is InChI=1S/C25H29N3O2/c1-15(2)14-20(29)28-19-13-9-7-11-17(19)21-16-10-6-8-12-18(16)26-22(21)23(28)24(30)27-25(3,4)5/h6-13,15,23,26H,14H2,1-5H3,(H,27,30). The maximum Gasteiger partial charge on any atom is 0.249 e. The summed E-state index contributed by atoms with van der Waals surface area (Å²) < 4.78 is 0. The van der Waals surface area contributed by atoms with Gasteiger partial charge in [-0.05, 0) is 38.8 Å². The Kier molecular flexibility index (Phi) is 4.92. The summed E-state index contributed by atoms with van der Waals surface area (Å²) in [6.45, 7) is 9.90. The van der Waals surface area contributed by atoms with E-state index in [1.165, 1.54) is 0 Å². The summed E-state index contributed by atoms with van der Waals surface area (Å²) in [5.74, 6) is -0.0298. The number of carbonyl (C=O) groups excluding carboxylic acids is 2. The average molecular weight is 404 g/mol. The Morgan fingerprint density at radius 3 is 2.43 bits per heavy atom. The second kappa shape index (κ2) is 7.31. The van der Waals surface area contributed by atoms with Crippen LogP contribution in [0.5, 0.6) is 0 Å². The van der Waals surface area contributed by atoms with E-state index in [1.54, 1.807) is 4.90 Å². The first-order valence-electron chi connectivity index (χ1n) is 10.5. The van der Waals surface area contributed by atoms with Crippen LogP contribution in [0.3, 0.4) is 0 Å². The molecule has 1 aromatic heterocycles. The predicted octanol–water partition coefficient (Wildman–Crippen LogP) is 5.18. The molecule has 0 spiro atoms. The number of aromatic amines is 1. The summed E-state index contributed by atoms with van der Waals surface area (Å²) in [5.41, 5.74) is 4.09. The molecule has 1 unspecified atom stereocenters. The fraction of sp³-hybridized carbons (Fsp3) is 0.360.